The highest BCUT2D eigenvalue weighted by molar-refractivity contribution is 9.10. The molecule has 0 aliphatic rings. The van der Waals surface area contributed by atoms with Crippen molar-refractivity contribution >= 4 is 39.3 Å². The van der Waals surface area contributed by atoms with Gasteiger partial charge < -0.3 is 10.4 Å². The second-order valence-corrected chi connectivity index (χ2v) is 5.61. The van der Waals surface area contributed by atoms with Crippen molar-refractivity contribution in [3.63, 3.8) is 0 Å². The van der Waals surface area contributed by atoms with E-state index in [9.17, 15) is 4.79 Å². The van der Waals surface area contributed by atoms with E-state index in [1.54, 1.807) is 0 Å². The summed E-state index contributed by atoms with van der Waals surface area (Å²) in [5, 5.41) is 23.1. The first-order chi connectivity index (χ1) is 9.69. The van der Waals surface area contributed by atoms with E-state index in [0.717, 1.165) is 10.2 Å². The highest BCUT2D eigenvalue weighted by atomic mass is 79.9. The van der Waals surface area contributed by atoms with Gasteiger partial charge in [-0.25, -0.2) is 4.68 Å². The van der Waals surface area contributed by atoms with E-state index >= 15 is 0 Å². The zero-order chi connectivity index (χ0) is 14.4. The minimum absolute atomic E-state index is 0.0519. The maximum Gasteiger partial charge on any atom is 0.234 e. The van der Waals surface area contributed by atoms with Gasteiger partial charge in [-0.2, -0.15) is 0 Å². The number of nitrogens with one attached hydrogen (secondary N) is 1. The normalized spacial score (nSPS) is 10.5. The monoisotopic (exact) mass is 357 g/mol. The molecule has 1 amide bonds. The molecule has 2 rings (SSSR count). The van der Waals surface area contributed by atoms with Crippen molar-refractivity contribution in [1.29, 1.82) is 0 Å². The van der Waals surface area contributed by atoms with Crippen LogP contribution < -0.4 is 5.32 Å². The predicted octanol–water partition coefficient (Wildman–Crippen LogP) is 1.16. The molecule has 0 unspecified atom stereocenters. The average Bonchev–Trinajstić information content (AvgIpc) is 2.87. The third-order valence-corrected chi connectivity index (χ3v) is 3.76. The fourth-order valence-electron chi connectivity index (χ4n) is 1.40. The molecule has 0 radical (unpaired) electrons. The minimum atomic E-state index is -0.143. The van der Waals surface area contributed by atoms with Gasteiger partial charge >= 0.3 is 0 Å². The number of benzene rings is 1. The summed E-state index contributed by atoms with van der Waals surface area (Å²) in [5.74, 6) is 0.0536. The number of tetrazole rings is 1. The summed E-state index contributed by atoms with van der Waals surface area (Å²) >= 11 is 4.55. The lowest BCUT2D eigenvalue weighted by atomic mass is 10.3. The van der Waals surface area contributed by atoms with Crippen LogP contribution in [0.15, 0.2) is 33.9 Å². The number of anilines is 1. The highest BCUT2D eigenvalue weighted by Gasteiger charge is 2.09. The molecule has 2 aromatic rings. The number of hydrogen-bond acceptors (Lipinski definition) is 6. The van der Waals surface area contributed by atoms with Gasteiger partial charge in [-0.05, 0) is 34.7 Å². The molecule has 7 nitrogen and oxygen atoms in total. The molecule has 2 N–H and O–H groups in total. The third kappa shape index (κ3) is 4.29. The number of thioether (sulfide) groups is 1. The number of amides is 1. The third-order valence-electron chi connectivity index (χ3n) is 2.27. The van der Waals surface area contributed by atoms with Crippen molar-refractivity contribution in [1.82, 2.24) is 20.2 Å². The summed E-state index contributed by atoms with van der Waals surface area (Å²) < 4.78 is 2.41. The summed E-state index contributed by atoms with van der Waals surface area (Å²) in [6.07, 6.45) is 0. The Morgan fingerprint density at radius 2 is 2.15 bits per heavy atom. The van der Waals surface area contributed by atoms with Gasteiger partial charge in [0.15, 0.2) is 0 Å². The number of carbonyl (C=O) groups is 1. The largest absolute Gasteiger partial charge is 0.394 e. The van der Waals surface area contributed by atoms with Crippen LogP contribution in [-0.2, 0) is 11.3 Å². The lowest BCUT2D eigenvalue weighted by molar-refractivity contribution is -0.113. The molecule has 0 aliphatic carbocycles. The van der Waals surface area contributed by atoms with Gasteiger partial charge in [0.2, 0.25) is 11.1 Å². The van der Waals surface area contributed by atoms with Crippen molar-refractivity contribution < 1.29 is 9.90 Å². The molecule has 1 aromatic heterocycles. The van der Waals surface area contributed by atoms with E-state index in [1.807, 2.05) is 24.3 Å². The van der Waals surface area contributed by atoms with Crippen molar-refractivity contribution in [2.75, 3.05) is 17.7 Å². The molecule has 106 valence electrons. The first kappa shape index (κ1) is 14.9. The lowest BCUT2D eigenvalue weighted by Crippen LogP contribution is -2.15. The molecule has 0 fully saturated rings. The highest BCUT2D eigenvalue weighted by Crippen LogP contribution is 2.16. The van der Waals surface area contributed by atoms with Gasteiger partial charge in [-0.15, -0.1) is 5.10 Å². The number of halogens is 1. The van der Waals surface area contributed by atoms with E-state index in [1.165, 1.54) is 16.4 Å². The fourth-order valence-corrected chi connectivity index (χ4v) is 2.36. The number of aromatic nitrogens is 4. The Balaban J connectivity index is 1.85. The van der Waals surface area contributed by atoms with E-state index in [4.69, 9.17) is 5.11 Å². The van der Waals surface area contributed by atoms with E-state index in [2.05, 4.69) is 36.8 Å². The minimum Gasteiger partial charge on any atom is -0.394 e. The number of rotatable bonds is 6. The molecular formula is C11H12BrN5O2S. The van der Waals surface area contributed by atoms with Crippen LogP contribution in [0.2, 0.25) is 0 Å². The van der Waals surface area contributed by atoms with Crippen molar-refractivity contribution in [3.8, 4) is 0 Å². The Morgan fingerprint density at radius 3 is 2.85 bits per heavy atom. The van der Waals surface area contributed by atoms with Gasteiger partial charge in [-0.3, -0.25) is 4.79 Å². The Kier molecular flexibility index (Phi) is 5.50. The van der Waals surface area contributed by atoms with Crippen LogP contribution in [0.25, 0.3) is 0 Å². The Hall–Kier alpha value is -1.45. The summed E-state index contributed by atoms with van der Waals surface area (Å²) in [6.45, 7) is 0.257. The topological polar surface area (TPSA) is 92.9 Å². The first-order valence-corrected chi connectivity index (χ1v) is 7.52. The molecule has 0 aliphatic heterocycles. The maximum absolute atomic E-state index is 11.8. The van der Waals surface area contributed by atoms with Gasteiger partial charge in [0.25, 0.3) is 0 Å². The average molecular weight is 358 g/mol. The molecule has 1 aromatic carbocycles. The Labute approximate surface area is 127 Å². The van der Waals surface area contributed by atoms with Crippen molar-refractivity contribution in [3.05, 3.63) is 28.7 Å². The van der Waals surface area contributed by atoms with Gasteiger partial charge in [0.05, 0.1) is 18.9 Å². The molecule has 0 spiro atoms. The van der Waals surface area contributed by atoms with Crippen LogP contribution in [-0.4, -0.2) is 43.6 Å². The quantitative estimate of drug-likeness (QED) is 0.753. The molecule has 1 heterocycles. The van der Waals surface area contributed by atoms with Crippen molar-refractivity contribution in [2.24, 2.45) is 0 Å². The summed E-state index contributed by atoms with van der Waals surface area (Å²) in [4.78, 5) is 11.8. The SMILES string of the molecule is O=C(CSc1nnnn1CCO)Nc1ccc(Br)cc1. The van der Waals surface area contributed by atoms with Crippen LogP contribution in [0.5, 0.6) is 0 Å². The van der Waals surface area contributed by atoms with Crippen molar-refractivity contribution in [2.45, 2.75) is 11.7 Å². The van der Waals surface area contributed by atoms with Crippen LogP contribution >= 0.6 is 27.7 Å². The Morgan fingerprint density at radius 1 is 1.40 bits per heavy atom. The van der Waals surface area contributed by atoms with Crippen LogP contribution in [0, 0.1) is 0 Å². The zero-order valence-electron chi connectivity index (χ0n) is 10.4. The standard InChI is InChI=1S/C11H12BrN5O2S/c12-8-1-3-9(4-2-8)13-10(19)7-20-11-14-15-16-17(11)5-6-18/h1-4,18H,5-7H2,(H,13,19). The maximum atomic E-state index is 11.8. The van der Waals surface area contributed by atoms with E-state index < -0.39 is 0 Å². The predicted molar refractivity (Wildman–Crippen MR) is 78.4 cm³/mol. The molecule has 0 bridgehead atoms. The second kappa shape index (κ2) is 7.36. The number of aliphatic hydroxyl groups is 1. The summed E-state index contributed by atoms with van der Waals surface area (Å²) in [7, 11) is 0. The van der Waals surface area contributed by atoms with Crippen LogP contribution in [0.3, 0.4) is 0 Å². The van der Waals surface area contributed by atoms with Gasteiger partial charge in [0, 0.05) is 10.2 Å². The molecule has 20 heavy (non-hydrogen) atoms. The van der Waals surface area contributed by atoms with Gasteiger partial charge in [-0.1, -0.05) is 27.7 Å². The second-order valence-electron chi connectivity index (χ2n) is 3.75. The summed E-state index contributed by atoms with van der Waals surface area (Å²) in [5.41, 5.74) is 0.730. The molecule has 0 saturated carbocycles. The zero-order valence-corrected chi connectivity index (χ0v) is 12.8. The number of aliphatic hydroxyl groups excluding tert-OH is 1. The number of carbonyl (C=O) groups excluding carboxylic acids is 1. The molecule has 0 saturated heterocycles. The molecular weight excluding hydrogens is 346 g/mol. The number of nitrogens with zero attached hydrogens (tertiary/aromatic N) is 4. The molecule has 0 atom stereocenters. The fraction of sp³-hybridized carbons (Fsp3) is 0.273. The van der Waals surface area contributed by atoms with Gasteiger partial charge in [0.1, 0.15) is 0 Å². The first-order valence-electron chi connectivity index (χ1n) is 5.74. The number of hydrogen-bond donors (Lipinski definition) is 2. The smallest absolute Gasteiger partial charge is 0.234 e. The summed E-state index contributed by atoms with van der Waals surface area (Å²) in [6, 6.07) is 7.32. The van der Waals surface area contributed by atoms with E-state index in [-0.39, 0.29) is 18.3 Å². The van der Waals surface area contributed by atoms with Crippen LogP contribution in [0.1, 0.15) is 0 Å². The lowest BCUT2D eigenvalue weighted by Gasteiger charge is -2.05. The molecule has 9 heteroatoms. The van der Waals surface area contributed by atoms with Crippen LogP contribution in [0.4, 0.5) is 5.69 Å². The van der Waals surface area contributed by atoms with E-state index in [0.29, 0.717) is 11.7 Å². The Bertz CT molecular complexity index is 574.